The Hall–Kier alpha value is -0.910. The van der Waals surface area contributed by atoms with Crippen molar-refractivity contribution in [3.8, 4) is 0 Å². The molecule has 0 saturated carbocycles. The zero-order valence-electron chi connectivity index (χ0n) is 9.34. The van der Waals surface area contributed by atoms with Crippen molar-refractivity contribution in [2.75, 3.05) is 6.26 Å². The van der Waals surface area contributed by atoms with E-state index >= 15 is 0 Å². The minimum atomic E-state index is -3.01. The average Bonchev–Trinajstić information content (AvgIpc) is 2.45. The van der Waals surface area contributed by atoms with Gasteiger partial charge in [-0.25, -0.2) is 8.42 Å². The summed E-state index contributed by atoms with van der Waals surface area (Å²) in [5.41, 5.74) is 0.515. The lowest BCUT2D eigenvalue weighted by Gasteiger charge is -2.02. The number of hydrogen-bond donors (Lipinski definition) is 0. The molecular formula is C9H17N3O2S. The van der Waals surface area contributed by atoms with Gasteiger partial charge in [-0.05, 0) is 12.3 Å². The highest BCUT2D eigenvalue weighted by molar-refractivity contribution is 7.89. The van der Waals surface area contributed by atoms with Gasteiger partial charge in [0.2, 0.25) is 0 Å². The molecule has 0 fully saturated rings. The summed E-state index contributed by atoms with van der Waals surface area (Å²) >= 11 is 0. The van der Waals surface area contributed by atoms with Crippen LogP contribution in [-0.4, -0.2) is 29.7 Å². The predicted molar refractivity (Wildman–Crippen MR) is 58.0 cm³/mol. The first-order valence-electron chi connectivity index (χ1n) is 4.93. The minimum absolute atomic E-state index is 0.0331. The molecule has 1 aromatic rings. The van der Waals surface area contributed by atoms with Crippen molar-refractivity contribution in [1.82, 2.24) is 15.0 Å². The maximum atomic E-state index is 11.0. The third kappa shape index (κ3) is 4.92. The topological polar surface area (TPSA) is 64.8 Å². The molecule has 0 unspecified atom stereocenters. The van der Waals surface area contributed by atoms with Crippen LogP contribution in [0.3, 0.4) is 0 Å². The van der Waals surface area contributed by atoms with Crippen molar-refractivity contribution in [3.63, 3.8) is 0 Å². The summed E-state index contributed by atoms with van der Waals surface area (Å²) in [4.78, 5) is 0. The Kier molecular flexibility index (Phi) is 3.84. The Bertz CT molecular complexity index is 409. The lowest BCUT2D eigenvalue weighted by molar-refractivity contribution is 0.478. The van der Waals surface area contributed by atoms with Crippen molar-refractivity contribution < 1.29 is 8.42 Å². The van der Waals surface area contributed by atoms with Gasteiger partial charge in [0.1, 0.15) is 0 Å². The normalized spacial score (nSPS) is 12.3. The lowest BCUT2D eigenvalue weighted by Crippen LogP contribution is -2.02. The molecule has 1 rings (SSSR count). The SMILES string of the molecule is CC(C)CCn1cc(CS(C)(=O)=O)nn1. The second kappa shape index (κ2) is 4.74. The van der Waals surface area contributed by atoms with Crippen molar-refractivity contribution >= 4 is 9.84 Å². The molecule has 0 radical (unpaired) electrons. The van der Waals surface area contributed by atoms with E-state index in [2.05, 4.69) is 24.2 Å². The summed E-state index contributed by atoms with van der Waals surface area (Å²) in [5.74, 6) is 0.571. The number of aryl methyl sites for hydroxylation is 1. The van der Waals surface area contributed by atoms with E-state index in [1.807, 2.05) is 0 Å². The van der Waals surface area contributed by atoms with Gasteiger partial charge in [-0.2, -0.15) is 0 Å². The van der Waals surface area contributed by atoms with Crippen molar-refractivity contribution in [1.29, 1.82) is 0 Å². The molecule has 0 aliphatic heterocycles. The van der Waals surface area contributed by atoms with E-state index in [4.69, 9.17) is 0 Å². The van der Waals surface area contributed by atoms with Crippen LogP contribution in [0.5, 0.6) is 0 Å². The Labute approximate surface area is 90.4 Å². The fraction of sp³-hybridized carbons (Fsp3) is 0.778. The lowest BCUT2D eigenvalue weighted by atomic mass is 10.1. The third-order valence-corrected chi connectivity index (χ3v) is 2.75. The molecule has 0 amide bonds. The standard InChI is InChI=1S/C9H17N3O2S/c1-8(2)4-5-12-6-9(10-11-12)7-15(3,13)14/h6,8H,4-5,7H2,1-3H3. The van der Waals surface area contributed by atoms with Crippen LogP contribution in [0.1, 0.15) is 26.0 Å². The largest absolute Gasteiger partial charge is 0.252 e. The molecule has 0 N–H and O–H groups in total. The van der Waals surface area contributed by atoms with E-state index in [1.54, 1.807) is 10.9 Å². The van der Waals surface area contributed by atoms with Crippen molar-refractivity contribution in [3.05, 3.63) is 11.9 Å². The van der Waals surface area contributed by atoms with Gasteiger partial charge in [-0.3, -0.25) is 4.68 Å². The summed E-state index contributed by atoms with van der Waals surface area (Å²) in [7, 11) is -3.01. The molecule has 0 aromatic carbocycles. The first kappa shape index (κ1) is 12.2. The van der Waals surface area contributed by atoms with Gasteiger partial charge < -0.3 is 0 Å². The van der Waals surface area contributed by atoms with Gasteiger partial charge in [-0.15, -0.1) is 5.10 Å². The fourth-order valence-corrected chi connectivity index (χ4v) is 1.84. The molecule has 1 aromatic heterocycles. The smallest absolute Gasteiger partial charge is 0.153 e. The van der Waals surface area contributed by atoms with Crippen molar-refractivity contribution in [2.45, 2.75) is 32.6 Å². The van der Waals surface area contributed by atoms with E-state index in [1.165, 1.54) is 6.26 Å². The molecule has 1 heterocycles. The summed E-state index contributed by atoms with van der Waals surface area (Å²) in [6.45, 7) is 5.05. The van der Waals surface area contributed by atoms with Crippen LogP contribution in [0.25, 0.3) is 0 Å². The first-order valence-corrected chi connectivity index (χ1v) is 6.99. The minimum Gasteiger partial charge on any atom is -0.252 e. The summed E-state index contributed by atoms with van der Waals surface area (Å²) in [5, 5.41) is 7.69. The van der Waals surface area contributed by atoms with E-state index in [9.17, 15) is 8.42 Å². The van der Waals surface area contributed by atoms with Gasteiger partial charge >= 0.3 is 0 Å². The Balaban J connectivity index is 2.57. The number of rotatable bonds is 5. The van der Waals surface area contributed by atoms with Crippen LogP contribution >= 0.6 is 0 Å². The first-order chi connectivity index (χ1) is 6.87. The van der Waals surface area contributed by atoms with Gasteiger partial charge in [-0.1, -0.05) is 19.1 Å². The van der Waals surface area contributed by atoms with Gasteiger partial charge in [0, 0.05) is 19.0 Å². The van der Waals surface area contributed by atoms with Crippen LogP contribution in [0.4, 0.5) is 0 Å². The molecule has 0 spiro atoms. The zero-order chi connectivity index (χ0) is 11.5. The molecule has 15 heavy (non-hydrogen) atoms. The molecular weight excluding hydrogens is 214 g/mol. The molecule has 6 heteroatoms. The molecule has 0 aliphatic rings. The third-order valence-electron chi connectivity index (χ3n) is 1.93. The second-order valence-electron chi connectivity index (χ2n) is 4.23. The Morgan fingerprint density at radius 2 is 2.13 bits per heavy atom. The average molecular weight is 231 g/mol. The molecule has 86 valence electrons. The van der Waals surface area contributed by atoms with Crippen LogP contribution in [-0.2, 0) is 22.1 Å². The van der Waals surface area contributed by atoms with Gasteiger partial charge in [0.25, 0.3) is 0 Å². The maximum Gasteiger partial charge on any atom is 0.153 e. The summed E-state index contributed by atoms with van der Waals surface area (Å²) < 4.78 is 23.7. The summed E-state index contributed by atoms with van der Waals surface area (Å²) in [6, 6.07) is 0. The molecule has 5 nitrogen and oxygen atoms in total. The monoisotopic (exact) mass is 231 g/mol. The van der Waals surface area contributed by atoms with Crippen LogP contribution in [0, 0.1) is 5.92 Å². The van der Waals surface area contributed by atoms with Gasteiger partial charge in [0.05, 0.1) is 11.4 Å². The van der Waals surface area contributed by atoms with Crippen LogP contribution in [0.15, 0.2) is 6.20 Å². The summed E-state index contributed by atoms with van der Waals surface area (Å²) in [6.07, 6.45) is 3.91. The quantitative estimate of drug-likeness (QED) is 0.754. The van der Waals surface area contributed by atoms with Crippen LogP contribution < -0.4 is 0 Å². The van der Waals surface area contributed by atoms with E-state index in [0.29, 0.717) is 11.6 Å². The molecule has 0 bridgehead atoms. The number of aromatic nitrogens is 3. The fourth-order valence-electron chi connectivity index (χ4n) is 1.17. The van der Waals surface area contributed by atoms with E-state index in [-0.39, 0.29) is 5.75 Å². The van der Waals surface area contributed by atoms with E-state index in [0.717, 1.165) is 13.0 Å². The zero-order valence-corrected chi connectivity index (χ0v) is 10.2. The number of hydrogen-bond acceptors (Lipinski definition) is 4. The Morgan fingerprint density at radius 3 is 2.67 bits per heavy atom. The predicted octanol–water partition coefficient (Wildman–Crippen LogP) is 0.869. The molecule has 0 saturated heterocycles. The molecule has 0 aliphatic carbocycles. The van der Waals surface area contributed by atoms with Gasteiger partial charge in [0.15, 0.2) is 9.84 Å². The molecule has 0 atom stereocenters. The number of sulfone groups is 1. The highest BCUT2D eigenvalue weighted by atomic mass is 32.2. The van der Waals surface area contributed by atoms with E-state index < -0.39 is 9.84 Å². The Morgan fingerprint density at radius 1 is 1.47 bits per heavy atom. The number of nitrogens with zero attached hydrogens (tertiary/aromatic N) is 3. The van der Waals surface area contributed by atoms with Crippen LogP contribution in [0.2, 0.25) is 0 Å². The van der Waals surface area contributed by atoms with Crippen molar-refractivity contribution in [2.24, 2.45) is 5.92 Å². The second-order valence-corrected chi connectivity index (χ2v) is 6.37. The maximum absolute atomic E-state index is 11.0. The highest BCUT2D eigenvalue weighted by Gasteiger charge is 2.08. The highest BCUT2D eigenvalue weighted by Crippen LogP contribution is 2.04.